The Bertz CT molecular complexity index is 344. The van der Waals surface area contributed by atoms with Crippen LogP contribution < -0.4 is 5.32 Å². The van der Waals surface area contributed by atoms with Gasteiger partial charge in [0.25, 0.3) is 0 Å². The van der Waals surface area contributed by atoms with Gasteiger partial charge in [0.1, 0.15) is 5.78 Å². The summed E-state index contributed by atoms with van der Waals surface area (Å²) in [7, 11) is 0. The molecule has 0 aliphatic carbocycles. The summed E-state index contributed by atoms with van der Waals surface area (Å²) in [6.45, 7) is 2.85. The van der Waals surface area contributed by atoms with Gasteiger partial charge in [-0.3, -0.25) is 4.79 Å². The minimum absolute atomic E-state index is 0.330. The average Bonchev–Trinajstić information content (AvgIpc) is 2.27. The zero-order valence-corrected chi connectivity index (χ0v) is 7.76. The summed E-state index contributed by atoms with van der Waals surface area (Å²) in [6.07, 6.45) is 1.23. The highest BCUT2D eigenvalue weighted by Gasteiger charge is 2.13. The highest BCUT2D eigenvalue weighted by atomic mass is 16.1. The molecule has 2 heteroatoms. The van der Waals surface area contributed by atoms with Crippen molar-refractivity contribution in [3.8, 4) is 0 Å². The minimum Gasteiger partial charge on any atom is -0.384 e. The Labute approximate surface area is 78.0 Å². The Morgan fingerprint density at radius 3 is 3.08 bits per heavy atom. The van der Waals surface area contributed by atoms with Crippen LogP contribution in [-0.2, 0) is 11.2 Å². The van der Waals surface area contributed by atoms with E-state index in [1.165, 1.54) is 5.56 Å². The van der Waals surface area contributed by atoms with Gasteiger partial charge in [-0.2, -0.15) is 0 Å². The van der Waals surface area contributed by atoms with Crippen molar-refractivity contribution >= 4 is 11.5 Å². The van der Waals surface area contributed by atoms with E-state index < -0.39 is 0 Å². The van der Waals surface area contributed by atoms with Crippen LogP contribution in [0.3, 0.4) is 0 Å². The Balaban J connectivity index is 2.45. The SMILES string of the molecule is Cc1cccc2c1NCCC(=O)C2. The van der Waals surface area contributed by atoms with E-state index in [1.807, 2.05) is 12.1 Å². The van der Waals surface area contributed by atoms with Crippen LogP contribution in [0.4, 0.5) is 5.69 Å². The number of carbonyl (C=O) groups excluding carboxylic acids is 1. The number of aryl methyl sites for hydroxylation is 1. The standard InChI is InChI=1S/C11H13NO/c1-8-3-2-4-9-7-10(13)5-6-12-11(8)9/h2-4,12H,5-7H2,1H3. The lowest BCUT2D eigenvalue weighted by Crippen LogP contribution is -2.04. The van der Waals surface area contributed by atoms with Crippen LogP contribution in [0.1, 0.15) is 17.5 Å². The molecule has 0 saturated carbocycles. The van der Waals surface area contributed by atoms with Crippen molar-refractivity contribution in [2.75, 3.05) is 11.9 Å². The maximum atomic E-state index is 11.3. The topological polar surface area (TPSA) is 29.1 Å². The third-order valence-corrected chi connectivity index (χ3v) is 2.45. The highest BCUT2D eigenvalue weighted by Crippen LogP contribution is 2.23. The molecule has 0 unspecified atom stereocenters. The largest absolute Gasteiger partial charge is 0.384 e. The maximum Gasteiger partial charge on any atom is 0.139 e. The molecule has 0 spiro atoms. The molecule has 1 aliphatic heterocycles. The van der Waals surface area contributed by atoms with Gasteiger partial charge in [-0.05, 0) is 18.1 Å². The summed E-state index contributed by atoms with van der Waals surface area (Å²) in [4.78, 5) is 11.3. The molecule has 0 radical (unpaired) electrons. The first kappa shape index (κ1) is 8.30. The lowest BCUT2D eigenvalue weighted by Gasteiger charge is -2.09. The third-order valence-electron chi connectivity index (χ3n) is 2.45. The lowest BCUT2D eigenvalue weighted by molar-refractivity contribution is -0.118. The van der Waals surface area contributed by atoms with Crippen LogP contribution in [0.5, 0.6) is 0 Å². The fourth-order valence-corrected chi connectivity index (χ4v) is 1.76. The van der Waals surface area contributed by atoms with Gasteiger partial charge in [0, 0.05) is 25.1 Å². The minimum atomic E-state index is 0.330. The predicted molar refractivity (Wildman–Crippen MR) is 53.0 cm³/mol. The van der Waals surface area contributed by atoms with Crippen LogP contribution in [0.15, 0.2) is 18.2 Å². The number of fused-ring (bicyclic) bond motifs is 1. The van der Waals surface area contributed by atoms with E-state index in [0.717, 1.165) is 17.8 Å². The molecular formula is C11H13NO. The second kappa shape index (κ2) is 3.21. The Morgan fingerprint density at radius 1 is 1.38 bits per heavy atom. The maximum absolute atomic E-state index is 11.3. The molecule has 2 rings (SSSR count). The van der Waals surface area contributed by atoms with E-state index in [-0.39, 0.29) is 0 Å². The molecule has 13 heavy (non-hydrogen) atoms. The van der Waals surface area contributed by atoms with Gasteiger partial charge >= 0.3 is 0 Å². The highest BCUT2D eigenvalue weighted by molar-refractivity contribution is 5.84. The fraction of sp³-hybridized carbons (Fsp3) is 0.364. The Kier molecular flexibility index (Phi) is 2.05. The van der Waals surface area contributed by atoms with E-state index in [0.29, 0.717) is 18.6 Å². The summed E-state index contributed by atoms with van der Waals surface area (Å²) < 4.78 is 0. The molecule has 68 valence electrons. The monoisotopic (exact) mass is 175 g/mol. The third kappa shape index (κ3) is 1.57. The second-order valence-electron chi connectivity index (χ2n) is 3.50. The number of anilines is 1. The smallest absolute Gasteiger partial charge is 0.139 e. The van der Waals surface area contributed by atoms with Crippen LogP contribution in [-0.4, -0.2) is 12.3 Å². The van der Waals surface area contributed by atoms with Gasteiger partial charge in [0.2, 0.25) is 0 Å². The van der Waals surface area contributed by atoms with Gasteiger partial charge in [-0.25, -0.2) is 0 Å². The van der Waals surface area contributed by atoms with E-state index >= 15 is 0 Å². The van der Waals surface area contributed by atoms with Crippen molar-refractivity contribution in [3.63, 3.8) is 0 Å². The quantitative estimate of drug-likeness (QED) is 0.652. The fourth-order valence-electron chi connectivity index (χ4n) is 1.76. The molecule has 1 N–H and O–H groups in total. The van der Waals surface area contributed by atoms with Crippen LogP contribution in [0, 0.1) is 6.92 Å². The second-order valence-corrected chi connectivity index (χ2v) is 3.50. The predicted octanol–water partition coefficient (Wildman–Crippen LogP) is 1.92. The first-order valence-electron chi connectivity index (χ1n) is 4.61. The van der Waals surface area contributed by atoms with Crippen molar-refractivity contribution in [1.82, 2.24) is 0 Å². The van der Waals surface area contributed by atoms with Crippen molar-refractivity contribution in [2.24, 2.45) is 0 Å². The number of hydrogen-bond acceptors (Lipinski definition) is 2. The molecule has 0 amide bonds. The molecule has 0 saturated heterocycles. The summed E-state index contributed by atoms with van der Waals surface area (Å²) >= 11 is 0. The molecule has 2 nitrogen and oxygen atoms in total. The number of rotatable bonds is 0. The van der Waals surface area contributed by atoms with Crippen molar-refractivity contribution < 1.29 is 4.79 Å². The number of benzene rings is 1. The molecule has 1 aromatic carbocycles. The van der Waals surface area contributed by atoms with E-state index in [9.17, 15) is 4.79 Å². The Morgan fingerprint density at radius 2 is 2.23 bits per heavy atom. The average molecular weight is 175 g/mol. The van der Waals surface area contributed by atoms with Gasteiger partial charge < -0.3 is 5.32 Å². The summed E-state index contributed by atoms with van der Waals surface area (Å²) in [5.74, 6) is 0.330. The van der Waals surface area contributed by atoms with Crippen LogP contribution in [0.2, 0.25) is 0 Å². The molecule has 1 heterocycles. The van der Waals surface area contributed by atoms with Crippen molar-refractivity contribution in [2.45, 2.75) is 19.8 Å². The van der Waals surface area contributed by atoms with Crippen molar-refractivity contribution in [1.29, 1.82) is 0 Å². The molecule has 0 bridgehead atoms. The summed E-state index contributed by atoms with van der Waals surface area (Å²) in [5.41, 5.74) is 3.53. The van der Waals surface area contributed by atoms with E-state index in [1.54, 1.807) is 0 Å². The van der Waals surface area contributed by atoms with Crippen LogP contribution in [0.25, 0.3) is 0 Å². The van der Waals surface area contributed by atoms with Gasteiger partial charge in [0.05, 0.1) is 0 Å². The number of ketones is 1. The molecule has 0 atom stereocenters. The normalized spacial score (nSPS) is 15.9. The number of hydrogen-bond donors (Lipinski definition) is 1. The number of Topliss-reactive ketones (excluding diaryl/α,β-unsaturated/α-hetero) is 1. The first-order chi connectivity index (χ1) is 6.27. The van der Waals surface area contributed by atoms with Crippen molar-refractivity contribution in [3.05, 3.63) is 29.3 Å². The molecule has 1 aromatic rings. The molecular weight excluding hydrogens is 162 g/mol. The number of nitrogens with one attached hydrogen (secondary N) is 1. The molecule has 1 aliphatic rings. The van der Waals surface area contributed by atoms with Crippen LogP contribution >= 0.6 is 0 Å². The van der Waals surface area contributed by atoms with Gasteiger partial charge in [0.15, 0.2) is 0 Å². The summed E-state index contributed by atoms with van der Waals surface area (Å²) in [6, 6.07) is 6.11. The van der Waals surface area contributed by atoms with Gasteiger partial charge in [-0.15, -0.1) is 0 Å². The molecule has 0 fully saturated rings. The molecule has 0 aromatic heterocycles. The van der Waals surface area contributed by atoms with E-state index in [4.69, 9.17) is 0 Å². The Hall–Kier alpha value is -1.31. The number of para-hydroxylation sites is 1. The zero-order chi connectivity index (χ0) is 9.26. The lowest BCUT2D eigenvalue weighted by atomic mass is 10.0. The first-order valence-corrected chi connectivity index (χ1v) is 4.61. The zero-order valence-electron chi connectivity index (χ0n) is 7.76. The summed E-state index contributed by atoms with van der Waals surface area (Å²) in [5, 5.41) is 3.30. The van der Waals surface area contributed by atoms with Gasteiger partial charge in [-0.1, -0.05) is 18.2 Å². The van der Waals surface area contributed by atoms with E-state index in [2.05, 4.69) is 18.3 Å². The number of carbonyl (C=O) groups is 1.